The molecule has 1 N–H and O–H groups in total. The lowest BCUT2D eigenvalue weighted by Gasteiger charge is -2.22. The lowest BCUT2D eigenvalue weighted by atomic mass is 10.1. The van der Waals surface area contributed by atoms with E-state index in [2.05, 4.69) is 6.92 Å². The van der Waals surface area contributed by atoms with Crippen LogP contribution in [0.2, 0.25) is 6.04 Å². The van der Waals surface area contributed by atoms with E-state index in [9.17, 15) is 4.80 Å². The number of hydrogen-bond acceptors (Lipinski definition) is 3. The molecule has 0 aliphatic carbocycles. The van der Waals surface area contributed by atoms with E-state index >= 15 is 0 Å². The third-order valence-electron chi connectivity index (χ3n) is 2.59. The van der Waals surface area contributed by atoms with Crippen molar-refractivity contribution in [1.29, 1.82) is 0 Å². The quantitative estimate of drug-likeness (QED) is 0.450. The Morgan fingerprint density at radius 1 is 0.812 bits per heavy atom. The maximum absolute atomic E-state index is 10.1. The van der Waals surface area contributed by atoms with Crippen LogP contribution < -0.4 is 0 Å². The first-order chi connectivity index (χ1) is 7.68. The molecular formula is C12H28O3Si. The van der Waals surface area contributed by atoms with Gasteiger partial charge in [-0.05, 0) is 20.3 Å². The van der Waals surface area contributed by atoms with Gasteiger partial charge in [-0.2, -0.15) is 0 Å². The van der Waals surface area contributed by atoms with Crippen molar-refractivity contribution in [3.63, 3.8) is 0 Å². The third-order valence-corrected chi connectivity index (χ3v) is 5.05. The van der Waals surface area contributed by atoms with Crippen LogP contribution in [-0.4, -0.2) is 26.8 Å². The van der Waals surface area contributed by atoms with Crippen molar-refractivity contribution in [2.45, 2.75) is 65.3 Å². The van der Waals surface area contributed by atoms with Crippen molar-refractivity contribution in [3.05, 3.63) is 0 Å². The van der Waals surface area contributed by atoms with Crippen LogP contribution in [0.5, 0.6) is 0 Å². The highest BCUT2D eigenvalue weighted by Gasteiger charge is 2.35. The molecule has 0 amide bonds. The second-order valence-electron chi connectivity index (χ2n) is 4.10. The Kier molecular flexibility index (Phi) is 10.3. The number of rotatable bonds is 11. The molecule has 0 saturated heterocycles. The second-order valence-corrected chi connectivity index (χ2v) is 6.60. The molecule has 0 saturated carbocycles. The van der Waals surface area contributed by atoms with Crippen LogP contribution in [0.25, 0.3) is 0 Å². The minimum Gasteiger partial charge on any atom is -0.390 e. The van der Waals surface area contributed by atoms with E-state index in [-0.39, 0.29) is 0 Å². The van der Waals surface area contributed by atoms with Gasteiger partial charge < -0.3 is 13.6 Å². The van der Waals surface area contributed by atoms with Gasteiger partial charge in [0.2, 0.25) is 0 Å². The Bertz CT molecular complexity index is 147. The Hall–Kier alpha value is 0.0969. The van der Waals surface area contributed by atoms with Crippen LogP contribution in [0.1, 0.15) is 59.3 Å². The predicted octanol–water partition coefficient (Wildman–Crippen LogP) is 3.35. The van der Waals surface area contributed by atoms with Crippen molar-refractivity contribution < 1.29 is 13.6 Å². The average molecular weight is 248 g/mol. The van der Waals surface area contributed by atoms with Crippen LogP contribution in [0, 0.1) is 0 Å². The van der Waals surface area contributed by atoms with E-state index < -0.39 is 8.80 Å². The first kappa shape index (κ1) is 16.1. The zero-order chi connectivity index (χ0) is 12.3. The molecule has 4 heteroatoms. The molecule has 0 atom stereocenters. The molecule has 0 bridgehead atoms. The monoisotopic (exact) mass is 248 g/mol. The van der Waals surface area contributed by atoms with Crippen LogP contribution in [0.15, 0.2) is 0 Å². The first-order valence-corrected chi connectivity index (χ1v) is 8.65. The molecule has 3 nitrogen and oxygen atoms in total. The fourth-order valence-corrected chi connectivity index (χ4v) is 3.74. The van der Waals surface area contributed by atoms with Crippen LogP contribution in [0.3, 0.4) is 0 Å². The molecular weight excluding hydrogens is 220 g/mol. The van der Waals surface area contributed by atoms with Crippen molar-refractivity contribution in [3.8, 4) is 0 Å². The largest absolute Gasteiger partial charge is 0.498 e. The van der Waals surface area contributed by atoms with E-state index in [0.29, 0.717) is 19.3 Å². The maximum Gasteiger partial charge on any atom is 0.498 e. The van der Waals surface area contributed by atoms with Gasteiger partial charge in [0.1, 0.15) is 0 Å². The Labute approximate surface area is 102 Å². The van der Waals surface area contributed by atoms with Crippen molar-refractivity contribution in [1.82, 2.24) is 0 Å². The van der Waals surface area contributed by atoms with Gasteiger partial charge in [-0.1, -0.05) is 39.0 Å². The molecule has 0 rings (SSSR count). The topological polar surface area (TPSA) is 38.7 Å². The maximum atomic E-state index is 10.1. The lowest BCUT2D eigenvalue weighted by Crippen LogP contribution is -2.42. The van der Waals surface area contributed by atoms with E-state index in [1.165, 1.54) is 32.1 Å². The van der Waals surface area contributed by atoms with Gasteiger partial charge in [0.15, 0.2) is 0 Å². The standard InChI is InChI=1S/C12H28O3Si/c1-4-7-8-9-10-11-12-16(13,14-5-2)15-6-3/h13H,4-12H2,1-3H3. The van der Waals surface area contributed by atoms with Crippen LogP contribution in [-0.2, 0) is 8.85 Å². The summed E-state index contributed by atoms with van der Waals surface area (Å²) in [4.78, 5) is 10.1. The van der Waals surface area contributed by atoms with Gasteiger partial charge in [-0.25, -0.2) is 0 Å². The molecule has 0 aromatic carbocycles. The molecule has 0 aromatic rings. The van der Waals surface area contributed by atoms with Gasteiger partial charge in [-0.3, -0.25) is 0 Å². The summed E-state index contributed by atoms with van der Waals surface area (Å²) in [6.07, 6.45) is 7.35. The summed E-state index contributed by atoms with van der Waals surface area (Å²) in [5.41, 5.74) is 0. The minimum absolute atomic E-state index is 0.540. The summed E-state index contributed by atoms with van der Waals surface area (Å²) >= 11 is 0. The summed E-state index contributed by atoms with van der Waals surface area (Å²) < 4.78 is 10.7. The van der Waals surface area contributed by atoms with Crippen molar-refractivity contribution >= 4 is 8.80 Å². The van der Waals surface area contributed by atoms with E-state index in [1.807, 2.05) is 13.8 Å². The minimum atomic E-state index is -2.82. The van der Waals surface area contributed by atoms with Crippen molar-refractivity contribution in [2.75, 3.05) is 13.2 Å². The van der Waals surface area contributed by atoms with Gasteiger partial charge in [-0.15, -0.1) is 0 Å². The van der Waals surface area contributed by atoms with E-state index in [0.717, 1.165) is 6.42 Å². The third kappa shape index (κ3) is 8.27. The average Bonchev–Trinajstić information content (AvgIpc) is 2.24. The summed E-state index contributed by atoms with van der Waals surface area (Å²) in [5, 5.41) is 0. The molecule has 0 spiro atoms. The number of unbranched alkanes of at least 4 members (excludes halogenated alkanes) is 5. The SMILES string of the molecule is CCCCCCCC[Si](O)(OCC)OCC. The van der Waals surface area contributed by atoms with Gasteiger partial charge in [0, 0.05) is 19.3 Å². The fourth-order valence-electron chi connectivity index (χ4n) is 1.77. The molecule has 0 aliphatic rings. The Morgan fingerprint density at radius 2 is 1.31 bits per heavy atom. The number of hydrogen-bond donors (Lipinski definition) is 1. The van der Waals surface area contributed by atoms with Gasteiger partial charge in [0.05, 0.1) is 0 Å². The first-order valence-electron chi connectivity index (χ1n) is 6.68. The summed E-state index contributed by atoms with van der Waals surface area (Å²) in [6, 6.07) is 0.709. The van der Waals surface area contributed by atoms with Crippen LogP contribution >= 0.6 is 0 Å². The summed E-state index contributed by atoms with van der Waals surface area (Å²) in [7, 11) is -2.82. The van der Waals surface area contributed by atoms with E-state index in [4.69, 9.17) is 8.85 Å². The highest BCUT2D eigenvalue weighted by Crippen LogP contribution is 2.16. The van der Waals surface area contributed by atoms with Crippen LogP contribution in [0.4, 0.5) is 0 Å². The van der Waals surface area contributed by atoms with Gasteiger partial charge >= 0.3 is 8.80 Å². The van der Waals surface area contributed by atoms with Gasteiger partial charge in [0.25, 0.3) is 0 Å². The Balaban J connectivity index is 3.59. The van der Waals surface area contributed by atoms with Crippen molar-refractivity contribution in [2.24, 2.45) is 0 Å². The molecule has 0 heterocycles. The summed E-state index contributed by atoms with van der Waals surface area (Å²) in [6.45, 7) is 7.10. The molecule has 98 valence electrons. The molecule has 0 aliphatic heterocycles. The zero-order valence-corrected chi connectivity index (χ0v) is 12.1. The second kappa shape index (κ2) is 10.3. The molecule has 0 fully saturated rings. The Morgan fingerprint density at radius 3 is 1.81 bits per heavy atom. The normalized spacial score (nSPS) is 12.0. The molecule has 16 heavy (non-hydrogen) atoms. The predicted molar refractivity (Wildman–Crippen MR) is 69.4 cm³/mol. The fraction of sp³-hybridized carbons (Fsp3) is 1.00. The zero-order valence-electron chi connectivity index (χ0n) is 11.1. The molecule has 0 unspecified atom stereocenters. The smallest absolute Gasteiger partial charge is 0.390 e. The molecule has 0 radical (unpaired) electrons. The summed E-state index contributed by atoms with van der Waals surface area (Å²) in [5.74, 6) is 0. The van der Waals surface area contributed by atoms with E-state index in [1.54, 1.807) is 0 Å². The molecule has 0 aromatic heterocycles. The highest BCUT2D eigenvalue weighted by molar-refractivity contribution is 6.59. The lowest BCUT2D eigenvalue weighted by molar-refractivity contribution is 0.107. The highest BCUT2D eigenvalue weighted by atomic mass is 28.4.